The normalized spacial score (nSPS) is 15.5. The van der Waals surface area contributed by atoms with Gasteiger partial charge in [-0.15, -0.1) is 15.7 Å². The Labute approximate surface area is 178 Å². The molecule has 3 heterocycles. The van der Waals surface area contributed by atoms with E-state index in [1.54, 1.807) is 23.0 Å². The number of anilines is 1. The number of aryl methyl sites for hydroxylation is 1. The van der Waals surface area contributed by atoms with Crippen molar-refractivity contribution in [2.75, 3.05) is 12.4 Å². The third-order valence-electron chi connectivity index (χ3n) is 4.66. The number of thiophene rings is 1. The van der Waals surface area contributed by atoms with E-state index in [1.165, 1.54) is 30.7 Å². The summed E-state index contributed by atoms with van der Waals surface area (Å²) in [6, 6.07) is 11.5. The lowest BCUT2D eigenvalue weighted by Crippen LogP contribution is -2.35. The Morgan fingerprint density at radius 1 is 1.20 bits per heavy atom. The minimum atomic E-state index is -3.99. The summed E-state index contributed by atoms with van der Waals surface area (Å²) in [5.41, 5.74) is 2.97. The number of likely N-dealkylation sites (N-methyl/N-ethyl adjacent to an activating group) is 1. The van der Waals surface area contributed by atoms with E-state index >= 15 is 0 Å². The van der Waals surface area contributed by atoms with Crippen molar-refractivity contribution in [3.63, 3.8) is 0 Å². The third kappa shape index (κ3) is 4.05. The van der Waals surface area contributed by atoms with E-state index in [0.717, 1.165) is 15.4 Å². The van der Waals surface area contributed by atoms with Crippen LogP contribution in [0.3, 0.4) is 0 Å². The maximum atomic E-state index is 12.8. The van der Waals surface area contributed by atoms with Crippen molar-refractivity contribution in [2.45, 2.75) is 13.5 Å². The first-order chi connectivity index (χ1) is 14.3. The fourth-order valence-corrected chi connectivity index (χ4v) is 4.63. The van der Waals surface area contributed by atoms with Gasteiger partial charge in [-0.1, -0.05) is 30.3 Å². The van der Waals surface area contributed by atoms with Gasteiger partial charge in [0.25, 0.3) is 5.91 Å². The predicted molar refractivity (Wildman–Crippen MR) is 117 cm³/mol. The van der Waals surface area contributed by atoms with Gasteiger partial charge in [0.05, 0.1) is 29.0 Å². The second kappa shape index (κ2) is 7.88. The minimum Gasteiger partial charge on any atom is -0.318 e. The van der Waals surface area contributed by atoms with Crippen LogP contribution in [0.2, 0.25) is 0 Å². The summed E-state index contributed by atoms with van der Waals surface area (Å²) in [6.45, 7) is 2.59. The molecular formula is C20H19N5O3S2. The number of allylic oxidation sites excluding steroid dienone is 1. The summed E-state index contributed by atoms with van der Waals surface area (Å²) in [5.74, 6) is -0.555. The van der Waals surface area contributed by atoms with Gasteiger partial charge < -0.3 is 5.32 Å². The Balaban J connectivity index is 1.54. The number of carbonyl (C=O) groups is 1. The van der Waals surface area contributed by atoms with Crippen molar-refractivity contribution in [1.82, 2.24) is 14.1 Å². The summed E-state index contributed by atoms with van der Waals surface area (Å²) in [5, 5.41) is 8.82. The average molecular weight is 442 g/mol. The van der Waals surface area contributed by atoms with Crippen LogP contribution in [0.25, 0.3) is 0 Å². The number of hydrogen-bond donors (Lipinski definition) is 1. The fourth-order valence-electron chi connectivity index (χ4n) is 2.98. The van der Waals surface area contributed by atoms with Crippen LogP contribution >= 0.6 is 11.3 Å². The minimum absolute atomic E-state index is 0.0138. The van der Waals surface area contributed by atoms with Gasteiger partial charge in [0.2, 0.25) is 0 Å². The van der Waals surface area contributed by atoms with E-state index in [2.05, 4.69) is 14.8 Å². The van der Waals surface area contributed by atoms with Crippen molar-refractivity contribution in [3.05, 3.63) is 81.9 Å². The van der Waals surface area contributed by atoms with Gasteiger partial charge in [-0.05, 0) is 35.6 Å². The standard InChI is InChI=1S/C20H19N5O3S2/c1-14-6-3-4-7-15(14)12-25-13-16(11-21-25)22-20(26)18-10-17(19-8-5-9-29-19)23-30(27,28)24(18)2/h3-11,13H,12H2,1-2H3,(H,22,26). The molecule has 0 saturated carbocycles. The Bertz CT molecular complexity index is 1260. The lowest BCUT2D eigenvalue weighted by atomic mass is 10.1. The number of amides is 1. The molecule has 0 aliphatic carbocycles. The molecule has 10 heteroatoms. The van der Waals surface area contributed by atoms with Crippen molar-refractivity contribution in [2.24, 2.45) is 4.40 Å². The van der Waals surface area contributed by atoms with Crippen molar-refractivity contribution < 1.29 is 13.2 Å². The first-order valence-corrected chi connectivity index (χ1v) is 11.3. The highest BCUT2D eigenvalue weighted by atomic mass is 32.2. The zero-order valence-electron chi connectivity index (χ0n) is 16.3. The van der Waals surface area contributed by atoms with Crippen LogP contribution in [0.4, 0.5) is 5.69 Å². The Morgan fingerprint density at radius 3 is 2.73 bits per heavy atom. The average Bonchev–Trinajstić information content (AvgIpc) is 3.38. The molecule has 1 amide bonds. The number of aromatic nitrogens is 2. The number of rotatable bonds is 5. The quantitative estimate of drug-likeness (QED) is 0.658. The lowest BCUT2D eigenvalue weighted by molar-refractivity contribution is -0.113. The smallest absolute Gasteiger partial charge is 0.318 e. The predicted octanol–water partition coefficient (Wildman–Crippen LogP) is 2.80. The zero-order valence-corrected chi connectivity index (χ0v) is 17.9. The number of nitrogens with zero attached hydrogens (tertiary/aromatic N) is 4. The van der Waals surface area contributed by atoms with E-state index in [1.807, 2.05) is 36.6 Å². The van der Waals surface area contributed by atoms with Gasteiger partial charge in [0, 0.05) is 13.2 Å². The molecule has 8 nitrogen and oxygen atoms in total. The van der Waals surface area contributed by atoms with E-state index in [9.17, 15) is 13.2 Å². The second-order valence-corrected chi connectivity index (χ2v) is 9.31. The monoisotopic (exact) mass is 441 g/mol. The Morgan fingerprint density at radius 2 is 2.00 bits per heavy atom. The van der Waals surface area contributed by atoms with E-state index < -0.39 is 16.1 Å². The topological polar surface area (TPSA) is 96.7 Å². The molecule has 1 aromatic carbocycles. The van der Waals surface area contributed by atoms with Crippen LogP contribution in [0.15, 0.2) is 70.3 Å². The van der Waals surface area contributed by atoms with Crippen LogP contribution in [0.5, 0.6) is 0 Å². The molecule has 0 spiro atoms. The van der Waals surface area contributed by atoms with E-state index in [0.29, 0.717) is 17.1 Å². The summed E-state index contributed by atoms with van der Waals surface area (Å²) >= 11 is 1.35. The Hall–Kier alpha value is -3.24. The van der Waals surface area contributed by atoms with Crippen LogP contribution in [0.1, 0.15) is 16.0 Å². The van der Waals surface area contributed by atoms with Crippen molar-refractivity contribution in [1.29, 1.82) is 0 Å². The molecule has 1 N–H and O–H groups in total. The highest BCUT2D eigenvalue weighted by Crippen LogP contribution is 2.23. The highest BCUT2D eigenvalue weighted by Gasteiger charge is 2.30. The fraction of sp³-hybridized carbons (Fsp3) is 0.150. The van der Waals surface area contributed by atoms with Gasteiger partial charge in [0.1, 0.15) is 5.70 Å². The van der Waals surface area contributed by atoms with Gasteiger partial charge in [-0.2, -0.15) is 13.5 Å². The van der Waals surface area contributed by atoms with Gasteiger partial charge >= 0.3 is 10.2 Å². The SMILES string of the molecule is Cc1ccccc1Cn1cc(NC(=O)C2=CC(c3cccs3)=NS(=O)(=O)N2C)cn1. The molecule has 0 bridgehead atoms. The van der Waals surface area contributed by atoms with Crippen molar-refractivity contribution in [3.8, 4) is 0 Å². The van der Waals surface area contributed by atoms with Crippen LogP contribution in [0, 0.1) is 6.92 Å². The molecule has 0 atom stereocenters. The number of nitrogens with one attached hydrogen (secondary N) is 1. The summed E-state index contributed by atoms with van der Waals surface area (Å²) in [7, 11) is -2.68. The molecule has 1 aliphatic rings. The third-order valence-corrected chi connectivity index (χ3v) is 6.87. The van der Waals surface area contributed by atoms with E-state index in [-0.39, 0.29) is 11.4 Å². The number of hydrogen-bond acceptors (Lipinski definition) is 5. The molecule has 0 radical (unpaired) electrons. The van der Waals surface area contributed by atoms with Crippen molar-refractivity contribution >= 4 is 38.9 Å². The summed E-state index contributed by atoms with van der Waals surface area (Å²) < 4.78 is 31.2. The molecule has 3 aromatic rings. The maximum Gasteiger partial charge on any atom is 0.345 e. The zero-order chi connectivity index (χ0) is 21.3. The molecule has 2 aromatic heterocycles. The molecule has 0 unspecified atom stereocenters. The highest BCUT2D eigenvalue weighted by molar-refractivity contribution is 7.88. The molecule has 4 rings (SSSR count). The number of carbonyl (C=O) groups excluding carboxylic acids is 1. The second-order valence-electron chi connectivity index (χ2n) is 6.74. The van der Waals surface area contributed by atoms with Crippen LogP contribution in [-0.4, -0.2) is 41.2 Å². The maximum absolute atomic E-state index is 12.8. The van der Waals surface area contributed by atoms with Crippen LogP contribution in [-0.2, 0) is 21.5 Å². The van der Waals surface area contributed by atoms with Gasteiger partial charge in [-0.25, -0.2) is 4.31 Å². The molecule has 1 aliphatic heterocycles. The molecule has 30 heavy (non-hydrogen) atoms. The summed E-state index contributed by atoms with van der Waals surface area (Å²) in [6.07, 6.45) is 4.71. The number of benzene rings is 1. The van der Waals surface area contributed by atoms with Gasteiger partial charge in [0.15, 0.2) is 0 Å². The first-order valence-electron chi connectivity index (χ1n) is 9.06. The molecule has 0 saturated heterocycles. The Kier molecular flexibility index (Phi) is 5.27. The van der Waals surface area contributed by atoms with Gasteiger partial charge in [-0.3, -0.25) is 9.48 Å². The lowest BCUT2D eigenvalue weighted by Gasteiger charge is -2.23. The van der Waals surface area contributed by atoms with Crippen LogP contribution < -0.4 is 5.32 Å². The molecule has 154 valence electrons. The first kappa shape index (κ1) is 20.0. The molecule has 0 fully saturated rings. The summed E-state index contributed by atoms with van der Waals surface area (Å²) in [4.78, 5) is 13.5. The largest absolute Gasteiger partial charge is 0.345 e. The molecular weight excluding hydrogens is 422 g/mol. The van der Waals surface area contributed by atoms with E-state index in [4.69, 9.17) is 0 Å².